The number of aryl methyl sites for hydroxylation is 1. The Labute approximate surface area is 183 Å². The highest BCUT2D eigenvalue weighted by atomic mass is 32.2. The van der Waals surface area contributed by atoms with E-state index in [0.29, 0.717) is 22.8 Å². The highest BCUT2D eigenvalue weighted by Crippen LogP contribution is 2.26. The van der Waals surface area contributed by atoms with Crippen LogP contribution >= 0.6 is 11.8 Å². The van der Waals surface area contributed by atoms with Crippen molar-refractivity contribution in [3.63, 3.8) is 0 Å². The second-order valence-electron chi connectivity index (χ2n) is 7.63. The molecule has 7 nitrogen and oxygen atoms in total. The second-order valence-corrected chi connectivity index (χ2v) is 8.57. The minimum Gasteiger partial charge on any atom is -0.312 e. The van der Waals surface area contributed by atoms with Gasteiger partial charge in [-0.2, -0.15) is 5.10 Å². The zero-order valence-electron chi connectivity index (χ0n) is 17.0. The minimum absolute atomic E-state index is 0.185. The number of nitrogens with zero attached hydrogens (tertiary/aromatic N) is 4. The summed E-state index contributed by atoms with van der Waals surface area (Å²) in [5.41, 5.74) is 5.11. The lowest BCUT2D eigenvalue weighted by atomic mass is 10.1. The van der Waals surface area contributed by atoms with Gasteiger partial charge in [0.05, 0.1) is 5.69 Å². The van der Waals surface area contributed by atoms with E-state index in [0.717, 1.165) is 35.5 Å². The number of hydrogen-bond donors (Lipinski definition) is 1. The maximum absolute atomic E-state index is 12.3. The van der Waals surface area contributed by atoms with Gasteiger partial charge in [-0.25, -0.2) is 9.61 Å². The van der Waals surface area contributed by atoms with Crippen LogP contribution in [0.2, 0.25) is 0 Å². The zero-order valence-corrected chi connectivity index (χ0v) is 17.9. The molecule has 0 radical (unpaired) electrons. The van der Waals surface area contributed by atoms with Crippen LogP contribution in [0, 0.1) is 6.92 Å². The van der Waals surface area contributed by atoms with Crippen molar-refractivity contribution < 1.29 is 4.79 Å². The molecule has 156 valence electrons. The molecule has 1 aliphatic rings. The molecule has 1 saturated heterocycles. The zero-order chi connectivity index (χ0) is 21.4. The van der Waals surface area contributed by atoms with E-state index in [4.69, 9.17) is 0 Å². The minimum atomic E-state index is -0.269. The van der Waals surface area contributed by atoms with E-state index in [-0.39, 0.29) is 11.5 Å². The SMILES string of the molecule is Cc1ccc(-c2cc3c(=O)[nH]nc(SCc4ccc(N5CCCC5=O)cc4)n3n2)cc1. The summed E-state index contributed by atoms with van der Waals surface area (Å²) in [5.74, 6) is 0.854. The molecule has 1 aliphatic heterocycles. The molecule has 0 unspecified atom stereocenters. The Bertz CT molecular complexity index is 1310. The molecule has 0 bridgehead atoms. The van der Waals surface area contributed by atoms with Gasteiger partial charge in [0.2, 0.25) is 11.1 Å². The molecule has 8 heteroatoms. The lowest BCUT2D eigenvalue weighted by molar-refractivity contribution is -0.117. The number of aromatic amines is 1. The highest BCUT2D eigenvalue weighted by molar-refractivity contribution is 7.98. The molecule has 0 spiro atoms. The van der Waals surface area contributed by atoms with Crippen LogP contribution in [0.25, 0.3) is 16.8 Å². The van der Waals surface area contributed by atoms with Crippen LogP contribution in [-0.2, 0) is 10.5 Å². The van der Waals surface area contributed by atoms with Crippen molar-refractivity contribution in [1.82, 2.24) is 19.8 Å². The number of nitrogens with one attached hydrogen (secondary N) is 1. The highest BCUT2D eigenvalue weighted by Gasteiger charge is 2.21. The monoisotopic (exact) mass is 431 g/mol. The smallest absolute Gasteiger partial charge is 0.290 e. The van der Waals surface area contributed by atoms with Crippen LogP contribution < -0.4 is 10.5 Å². The van der Waals surface area contributed by atoms with Crippen molar-refractivity contribution in [2.24, 2.45) is 0 Å². The molecule has 31 heavy (non-hydrogen) atoms. The van der Waals surface area contributed by atoms with E-state index in [1.165, 1.54) is 17.3 Å². The van der Waals surface area contributed by atoms with Gasteiger partial charge in [0.15, 0.2) is 0 Å². The molecule has 5 rings (SSSR count). The number of amides is 1. The van der Waals surface area contributed by atoms with Gasteiger partial charge in [-0.1, -0.05) is 53.7 Å². The number of thioether (sulfide) groups is 1. The van der Waals surface area contributed by atoms with Gasteiger partial charge in [0.1, 0.15) is 5.52 Å². The van der Waals surface area contributed by atoms with Gasteiger partial charge in [-0.3, -0.25) is 9.59 Å². The van der Waals surface area contributed by atoms with Crippen LogP contribution in [-0.4, -0.2) is 32.3 Å². The Morgan fingerprint density at radius 1 is 1.06 bits per heavy atom. The van der Waals surface area contributed by atoms with E-state index in [1.54, 1.807) is 10.6 Å². The van der Waals surface area contributed by atoms with Crippen molar-refractivity contribution in [3.05, 3.63) is 76.1 Å². The number of aromatic nitrogens is 4. The summed E-state index contributed by atoms with van der Waals surface area (Å²) in [5, 5.41) is 12.0. The van der Waals surface area contributed by atoms with Crippen molar-refractivity contribution >= 4 is 28.9 Å². The van der Waals surface area contributed by atoms with Crippen molar-refractivity contribution in [2.75, 3.05) is 11.4 Å². The Morgan fingerprint density at radius 3 is 2.55 bits per heavy atom. The number of anilines is 1. The van der Waals surface area contributed by atoms with Crippen LogP contribution in [0.5, 0.6) is 0 Å². The molecule has 2 aromatic carbocycles. The predicted molar refractivity (Wildman–Crippen MR) is 121 cm³/mol. The molecular weight excluding hydrogens is 410 g/mol. The quantitative estimate of drug-likeness (QED) is 0.486. The first-order valence-corrected chi connectivity index (χ1v) is 11.1. The van der Waals surface area contributed by atoms with Gasteiger partial charge in [-0.15, -0.1) is 5.10 Å². The molecule has 1 fully saturated rings. The number of carbonyl (C=O) groups excluding carboxylic acids is 1. The van der Waals surface area contributed by atoms with E-state index < -0.39 is 0 Å². The van der Waals surface area contributed by atoms with E-state index in [1.807, 2.05) is 60.4 Å². The molecule has 4 aromatic rings. The summed E-state index contributed by atoms with van der Waals surface area (Å²) in [6.45, 7) is 2.82. The van der Waals surface area contributed by atoms with Gasteiger partial charge in [0, 0.05) is 30.0 Å². The number of hydrogen-bond acceptors (Lipinski definition) is 5. The van der Waals surface area contributed by atoms with Crippen molar-refractivity contribution in [3.8, 4) is 11.3 Å². The molecule has 0 atom stereocenters. The number of rotatable bonds is 5. The summed E-state index contributed by atoms with van der Waals surface area (Å²) in [7, 11) is 0. The van der Waals surface area contributed by atoms with Crippen LogP contribution in [0.4, 0.5) is 5.69 Å². The molecular formula is C23H21N5O2S. The number of fused-ring (bicyclic) bond motifs is 1. The first-order valence-electron chi connectivity index (χ1n) is 10.2. The topological polar surface area (TPSA) is 83.4 Å². The normalized spacial score (nSPS) is 14.0. The van der Waals surface area contributed by atoms with E-state index in [2.05, 4.69) is 15.3 Å². The fourth-order valence-electron chi connectivity index (χ4n) is 3.69. The van der Waals surface area contributed by atoms with E-state index >= 15 is 0 Å². The fraction of sp³-hybridized carbons (Fsp3) is 0.217. The Morgan fingerprint density at radius 2 is 1.84 bits per heavy atom. The molecule has 3 heterocycles. The van der Waals surface area contributed by atoms with Crippen LogP contribution in [0.3, 0.4) is 0 Å². The van der Waals surface area contributed by atoms with Gasteiger partial charge in [0.25, 0.3) is 5.56 Å². The number of benzene rings is 2. The Balaban J connectivity index is 1.38. The third kappa shape index (κ3) is 3.86. The average Bonchev–Trinajstić information content (AvgIpc) is 3.42. The standard InChI is InChI=1S/C23H21N5O2S/c1-15-4-8-17(9-5-15)19-13-20-22(30)24-25-23(28(20)26-19)31-14-16-6-10-18(11-7-16)27-12-2-3-21(27)29/h4-11,13H,2-3,12,14H2,1H3,(H,24,30). The van der Waals surface area contributed by atoms with E-state index in [9.17, 15) is 9.59 Å². The Kier molecular flexibility index (Phi) is 5.07. The van der Waals surface area contributed by atoms with Crippen LogP contribution in [0.15, 0.2) is 64.5 Å². The first-order chi connectivity index (χ1) is 15.1. The molecule has 0 saturated carbocycles. The van der Waals surface area contributed by atoms with Crippen LogP contribution in [0.1, 0.15) is 24.0 Å². The summed E-state index contributed by atoms with van der Waals surface area (Å²) in [4.78, 5) is 26.0. The molecule has 0 aliphatic carbocycles. The number of H-pyrrole nitrogens is 1. The third-order valence-corrected chi connectivity index (χ3v) is 6.41. The van der Waals surface area contributed by atoms with Crippen molar-refractivity contribution in [2.45, 2.75) is 30.7 Å². The second kappa shape index (κ2) is 8.03. The summed E-state index contributed by atoms with van der Waals surface area (Å²) in [6.07, 6.45) is 1.54. The summed E-state index contributed by atoms with van der Waals surface area (Å²) in [6, 6.07) is 17.9. The molecule has 1 amide bonds. The lowest BCUT2D eigenvalue weighted by Gasteiger charge is -2.15. The average molecular weight is 432 g/mol. The van der Waals surface area contributed by atoms with Gasteiger partial charge >= 0.3 is 0 Å². The lowest BCUT2D eigenvalue weighted by Crippen LogP contribution is -2.23. The first kappa shape index (κ1) is 19.6. The maximum Gasteiger partial charge on any atom is 0.290 e. The molecule has 2 aromatic heterocycles. The number of carbonyl (C=O) groups is 1. The maximum atomic E-state index is 12.3. The molecule has 1 N–H and O–H groups in total. The largest absolute Gasteiger partial charge is 0.312 e. The predicted octanol–water partition coefficient (Wildman–Crippen LogP) is 3.81. The summed E-state index contributed by atoms with van der Waals surface area (Å²) < 4.78 is 1.61. The van der Waals surface area contributed by atoms with Gasteiger partial charge in [-0.05, 0) is 37.1 Å². The third-order valence-electron chi connectivity index (χ3n) is 5.41. The fourth-order valence-corrected chi connectivity index (χ4v) is 4.55. The summed E-state index contributed by atoms with van der Waals surface area (Å²) >= 11 is 1.50. The van der Waals surface area contributed by atoms with Gasteiger partial charge < -0.3 is 4.90 Å². The Hall–Kier alpha value is -3.39. The van der Waals surface area contributed by atoms with Crippen molar-refractivity contribution in [1.29, 1.82) is 0 Å².